The lowest BCUT2D eigenvalue weighted by atomic mass is 9.86. The zero-order chi connectivity index (χ0) is 22.1. The molecule has 1 aromatic carbocycles. The molecule has 6 nitrogen and oxygen atoms in total. The maximum atomic E-state index is 13.2. The fraction of sp³-hybridized carbons (Fsp3) is 0.654. The van der Waals surface area contributed by atoms with Crippen molar-refractivity contribution in [2.45, 2.75) is 64.0 Å². The second kappa shape index (κ2) is 9.34. The number of imide groups is 1. The number of benzene rings is 1. The Balaban J connectivity index is 1.13. The number of hydrogen-bond donors (Lipinski definition) is 0. The average Bonchev–Trinajstić information content (AvgIpc) is 3.33. The highest BCUT2D eigenvalue weighted by atomic mass is 16.2. The van der Waals surface area contributed by atoms with Gasteiger partial charge in [0.1, 0.15) is 0 Å². The largest absolute Gasteiger partial charge is 0.343 e. The summed E-state index contributed by atoms with van der Waals surface area (Å²) in [6.45, 7) is 3.46. The van der Waals surface area contributed by atoms with E-state index in [9.17, 15) is 14.4 Å². The van der Waals surface area contributed by atoms with E-state index in [1.807, 2.05) is 23.1 Å². The van der Waals surface area contributed by atoms with Crippen LogP contribution in [-0.4, -0.2) is 64.6 Å². The molecule has 1 aliphatic carbocycles. The van der Waals surface area contributed by atoms with E-state index in [1.54, 1.807) is 4.90 Å². The van der Waals surface area contributed by atoms with Crippen molar-refractivity contribution in [1.82, 2.24) is 14.7 Å². The van der Waals surface area contributed by atoms with Gasteiger partial charge in [0.25, 0.3) is 0 Å². The molecule has 32 heavy (non-hydrogen) atoms. The van der Waals surface area contributed by atoms with Crippen LogP contribution in [0.3, 0.4) is 0 Å². The molecule has 2 atom stereocenters. The van der Waals surface area contributed by atoms with Crippen LogP contribution in [0, 0.1) is 17.8 Å². The Kier molecular flexibility index (Phi) is 6.31. The molecular formula is C26H35N3O3. The van der Waals surface area contributed by atoms with Crippen LogP contribution in [0.4, 0.5) is 0 Å². The van der Waals surface area contributed by atoms with Gasteiger partial charge in [0, 0.05) is 45.2 Å². The van der Waals surface area contributed by atoms with Gasteiger partial charge in [0.2, 0.25) is 17.7 Å². The standard InChI is InChI=1S/C26H35N3O3/c30-24(15-19-7-3-1-4-8-19)28-13-11-21(12-14-28)29-25(31)22-17-27(18-23(22)26(29)32)16-20-9-5-2-6-10-20/h2,5-6,9-10,19,21-23H,1,3-4,7-8,11-18H2/t22-,23+. The summed E-state index contributed by atoms with van der Waals surface area (Å²) in [5, 5.41) is 0. The van der Waals surface area contributed by atoms with Crippen LogP contribution < -0.4 is 0 Å². The predicted octanol–water partition coefficient (Wildman–Crippen LogP) is 3.06. The van der Waals surface area contributed by atoms with E-state index in [4.69, 9.17) is 0 Å². The van der Waals surface area contributed by atoms with Gasteiger partial charge in [-0.3, -0.25) is 24.2 Å². The zero-order valence-corrected chi connectivity index (χ0v) is 19.0. The number of carbonyl (C=O) groups excluding carboxylic acids is 3. The molecule has 0 unspecified atom stereocenters. The minimum absolute atomic E-state index is 0.0162. The lowest BCUT2D eigenvalue weighted by molar-refractivity contribution is -0.145. The highest BCUT2D eigenvalue weighted by Crippen LogP contribution is 2.37. The van der Waals surface area contributed by atoms with Crippen molar-refractivity contribution in [1.29, 1.82) is 0 Å². The van der Waals surface area contributed by atoms with Crippen molar-refractivity contribution >= 4 is 17.7 Å². The third-order valence-electron chi connectivity index (χ3n) is 8.12. The molecular weight excluding hydrogens is 402 g/mol. The van der Waals surface area contributed by atoms with Gasteiger partial charge in [-0.25, -0.2) is 0 Å². The van der Waals surface area contributed by atoms with Crippen LogP contribution in [0.5, 0.6) is 0 Å². The SMILES string of the molecule is O=C(CC1CCCCC1)N1CCC(N2C(=O)[C@H]3CN(Cc4ccccc4)C[C@H]3C2=O)CC1. The second-order valence-corrected chi connectivity index (χ2v) is 10.3. The molecule has 3 aliphatic heterocycles. The number of rotatable bonds is 5. The zero-order valence-electron chi connectivity index (χ0n) is 19.0. The smallest absolute Gasteiger partial charge is 0.234 e. The van der Waals surface area contributed by atoms with Crippen LogP contribution in [0.15, 0.2) is 30.3 Å². The fourth-order valence-corrected chi connectivity index (χ4v) is 6.32. The maximum absolute atomic E-state index is 13.2. The Morgan fingerprint density at radius 2 is 1.47 bits per heavy atom. The average molecular weight is 438 g/mol. The van der Waals surface area contributed by atoms with Crippen LogP contribution in [-0.2, 0) is 20.9 Å². The summed E-state index contributed by atoms with van der Waals surface area (Å²) in [5.74, 6) is 0.455. The molecule has 0 bridgehead atoms. The third-order valence-corrected chi connectivity index (χ3v) is 8.12. The molecule has 3 heterocycles. The lowest BCUT2D eigenvalue weighted by Gasteiger charge is -2.37. The quantitative estimate of drug-likeness (QED) is 0.665. The van der Waals surface area contributed by atoms with Gasteiger partial charge in [0.05, 0.1) is 11.8 Å². The van der Waals surface area contributed by atoms with Crippen molar-refractivity contribution in [3.8, 4) is 0 Å². The van der Waals surface area contributed by atoms with E-state index in [0.29, 0.717) is 38.5 Å². The first-order valence-electron chi connectivity index (χ1n) is 12.5. The molecule has 3 saturated heterocycles. The minimum Gasteiger partial charge on any atom is -0.343 e. The molecule has 0 radical (unpaired) electrons. The monoisotopic (exact) mass is 437 g/mol. The van der Waals surface area contributed by atoms with Gasteiger partial charge in [0.15, 0.2) is 0 Å². The van der Waals surface area contributed by atoms with Gasteiger partial charge >= 0.3 is 0 Å². The van der Waals surface area contributed by atoms with Gasteiger partial charge in [-0.15, -0.1) is 0 Å². The number of fused-ring (bicyclic) bond motifs is 1. The van der Waals surface area contributed by atoms with Crippen LogP contribution in [0.2, 0.25) is 0 Å². The molecule has 0 N–H and O–H groups in total. The lowest BCUT2D eigenvalue weighted by Crippen LogP contribution is -2.50. The van der Waals surface area contributed by atoms with E-state index in [0.717, 1.165) is 19.4 Å². The van der Waals surface area contributed by atoms with Crippen LogP contribution in [0.1, 0.15) is 56.9 Å². The van der Waals surface area contributed by atoms with Crippen molar-refractivity contribution < 1.29 is 14.4 Å². The maximum Gasteiger partial charge on any atom is 0.234 e. The Bertz CT molecular complexity index is 819. The van der Waals surface area contributed by atoms with Crippen molar-refractivity contribution in [2.24, 2.45) is 17.8 Å². The number of piperidine rings is 1. The highest BCUT2D eigenvalue weighted by Gasteiger charge is 2.54. The van der Waals surface area contributed by atoms with E-state index in [1.165, 1.54) is 37.7 Å². The molecule has 1 saturated carbocycles. The Morgan fingerprint density at radius 1 is 0.844 bits per heavy atom. The predicted molar refractivity (Wildman–Crippen MR) is 121 cm³/mol. The number of carbonyl (C=O) groups is 3. The summed E-state index contributed by atoms with van der Waals surface area (Å²) in [6, 6.07) is 10.2. The molecule has 172 valence electrons. The fourth-order valence-electron chi connectivity index (χ4n) is 6.32. The summed E-state index contributed by atoms with van der Waals surface area (Å²) in [7, 11) is 0. The van der Waals surface area contributed by atoms with Crippen LogP contribution in [0.25, 0.3) is 0 Å². The van der Waals surface area contributed by atoms with Crippen molar-refractivity contribution in [2.75, 3.05) is 26.2 Å². The van der Waals surface area contributed by atoms with E-state index in [2.05, 4.69) is 17.0 Å². The molecule has 5 rings (SSSR count). The molecule has 6 heteroatoms. The molecule has 1 aromatic rings. The molecule has 0 spiro atoms. The molecule has 4 fully saturated rings. The summed E-state index contributed by atoms with van der Waals surface area (Å²) in [4.78, 5) is 44.9. The first-order chi connectivity index (χ1) is 15.6. The Labute approximate surface area is 190 Å². The molecule has 4 aliphatic rings. The highest BCUT2D eigenvalue weighted by molar-refractivity contribution is 6.06. The van der Waals surface area contributed by atoms with Gasteiger partial charge in [-0.05, 0) is 37.2 Å². The first kappa shape index (κ1) is 21.6. The Hall–Kier alpha value is -2.21. The first-order valence-corrected chi connectivity index (χ1v) is 12.5. The Morgan fingerprint density at radius 3 is 2.09 bits per heavy atom. The van der Waals surface area contributed by atoms with Crippen LogP contribution >= 0.6 is 0 Å². The normalized spacial score (nSPS) is 27.9. The third kappa shape index (κ3) is 4.34. The minimum atomic E-state index is -0.197. The van der Waals surface area contributed by atoms with Crippen molar-refractivity contribution in [3.05, 3.63) is 35.9 Å². The van der Waals surface area contributed by atoms with E-state index >= 15 is 0 Å². The summed E-state index contributed by atoms with van der Waals surface area (Å²) in [5.41, 5.74) is 1.22. The van der Waals surface area contributed by atoms with Gasteiger partial charge in [-0.1, -0.05) is 49.6 Å². The van der Waals surface area contributed by atoms with E-state index in [-0.39, 0.29) is 35.6 Å². The second-order valence-electron chi connectivity index (χ2n) is 10.3. The summed E-state index contributed by atoms with van der Waals surface area (Å²) < 4.78 is 0. The molecule has 3 amide bonds. The summed E-state index contributed by atoms with van der Waals surface area (Å²) in [6.07, 6.45) is 8.30. The number of likely N-dealkylation sites (tertiary alicyclic amines) is 3. The summed E-state index contributed by atoms with van der Waals surface area (Å²) >= 11 is 0. The van der Waals surface area contributed by atoms with E-state index < -0.39 is 0 Å². The molecule has 0 aromatic heterocycles. The van der Waals surface area contributed by atoms with Crippen molar-refractivity contribution in [3.63, 3.8) is 0 Å². The number of nitrogens with zero attached hydrogens (tertiary/aromatic N) is 3. The van der Waals surface area contributed by atoms with Gasteiger partial charge < -0.3 is 4.90 Å². The number of hydrogen-bond acceptors (Lipinski definition) is 4. The number of amides is 3. The topological polar surface area (TPSA) is 60.9 Å². The van der Waals surface area contributed by atoms with Gasteiger partial charge in [-0.2, -0.15) is 0 Å².